The van der Waals surface area contributed by atoms with Crippen LogP contribution in [0.25, 0.3) is 152 Å². The van der Waals surface area contributed by atoms with Crippen molar-refractivity contribution >= 4 is 68.8 Å². The normalized spacial score (nSPS) is 11.1. The van der Waals surface area contributed by atoms with Crippen LogP contribution >= 0.6 is 0 Å². The monoisotopic (exact) mass is 2750 g/mol. The molecule has 0 atom stereocenters. The molecule has 0 amide bonds. The summed E-state index contributed by atoms with van der Waals surface area (Å²) in [5.74, 6) is 8.11. The zero-order valence-corrected chi connectivity index (χ0v) is 94.5. The number of aromatic nitrogens is 18. The topological polar surface area (TPSA) is 261 Å². The smallest absolute Gasteiger partial charge is 0.188 e. The third-order valence-corrected chi connectivity index (χ3v) is 26.2. The molecule has 0 saturated heterocycles. The molecule has 717 valence electrons. The van der Waals surface area contributed by atoms with Crippen LogP contribution in [0.1, 0.15) is 142 Å². The van der Waals surface area contributed by atoms with Crippen LogP contribution in [-0.2, 0) is 108 Å². The summed E-state index contributed by atoms with van der Waals surface area (Å²) in [6.07, 6.45) is 19.6. The molecule has 23 nitrogen and oxygen atoms in total. The van der Waals surface area contributed by atoms with Gasteiger partial charge < -0.3 is 55.0 Å². The Kier molecular flexibility index (Phi) is 33.4. The summed E-state index contributed by atoms with van der Waals surface area (Å²) in [4.78, 5) is 54.7. The number of para-hydroxylation sites is 3. The standard InChI is InChI=1S/C25H21N4.C22H23N4O.C22H22N3O.C21H23N4OSi.C20H15N4O.5Ir/c1-17-16-26-25(21-13-9-15-23-24(21)27-18(2)28(23)3)29(17)22-14-8-7-12-20(22)19-10-5-4-6-11-19;1-13(2)16-7-6-8-17(14(3)4)21(16)26-10-9-24-22(26)18-11-23-12-19-20(18)25-15(5)27-19;1-12-10-13(2)21(14(3)11-12)25-16(5)15(4)23-22(25)18-8-7-9-19-20(18)24-17(6)26-19;1-13-11-16(27(4,5)6)12-14(2)19(13)25-10-9-22-20(25)17-7-8-23-21-18(17)24-15(3)26-21;1-12-5-4-6-13(2)18(12)24-10-9-22-20(24)16-8-7-15(11-21)19-17(16)23-14(3)25-19;;;;;/h4-12,14-16H,1-3H3;6-10,12-14H,1-5H3;7,9-11H,1-6H3;8-12H,1-6H3;4-7,9-10H,1-3H3;;;;;/q5*-1;;;;;. The molecule has 139 heavy (non-hydrogen) atoms. The minimum Gasteiger partial charge on any atom is -0.461 e. The van der Waals surface area contributed by atoms with E-state index in [0.717, 1.165) is 136 Å². The first kappa shape index (κ1) is 106. The molecule has 29 heteroatoms. The van der Waals surface area contributed by atoms with E-state index in [1.165, 1.54) is 66.6 Å². The Labute approximate surface area is 878 Å². The molecule has 21 aromatic rings. The summed E-state index contributed by atoms with van der Waals surface area (Å²) in [5, 5.41) is 10.8. The number of oxazole rings is 4. The van der Waals surface area contributed by atoms with Gasteiger partial charge in [-0.05, 0) is 168 Å². The van der Waals surface area contributed by atoms with Crippen LogP contribution in [0, 0.1) is 146 Å². The predicted molar refractivity (Wildman–Crippen MR) is 532 cm³/mol. The fourth-order valence-electron chi connectivity index (χ4n) is 17.8. The predicted octanol–water partition coefficient (Wildman–Crippen LogP) is 24.9. The van der Waals surface area contributed by atoms with Gasteiger partial charge in [0, 0.05) is 269 Å². The second-order valence-electron chi connectivity index (χ2n) is 35.6. The van der Waals surface area contributed by atoms with E-state index in [1.807, 2.05) is 114 Å². The Morgan fingerprint density at radius 1 is 0.424 bits per heavy atom. The van der Waals surface area contributed by atoms with Crippen molar-refractivity contribution in [1.29, 1.82) is 5.26 Å². The number of benzene rings is 9. The zero-order valence-electron chi connectivity index (χ0n) is 81.5. The maximum absolute atomic E-state index is 9.29. The van der Waals surface area contributed by atoms with E-state index in [1.54, 1.807) is 31.6 Å². The van der Waals surface area contributed by atoms with E-state index in [0.29, 0.717) is 68.9 Å². The molecule has 5 radical (unpaired) electrons. The molecular weight excluding hydrogens is 2640 g/mol. The Morgan fingerprint density at radius 3 is 1.55 bits per heavy atom. The van der Waals surface area contributed by atoms with Crippen molar-refractivity contribution in [2.75, 3.05) is 0 Å². The number of rotatable bonds is 14. The number of pyridine rings is 2. The van der Waals surface area contributed by atoms with Gasteiger partial charge in [0.15, 0.2) is 29.3 Å². The van der Waals surface area contributed by atoms with Gasteiger partial charge in [-0.3, -0.25) is 44.9 Å². The van der Waals surface area contributed by atoms with Crippen LogP contribution in [0.5, 0.6) is 0 Å². The van der Waals surface area contributed by atoms with Gasteiger partial charge in [0.05, 0.1) is 60.0 Å². The SMILES string of the molecule is Cc1cc(C)c(-n2c(-c3[c-]ccc4oc(C)nc34)nc(C)c2C)c(C)c1.Cc1cnc(-c2[c-]ccc3c2nc(C)n3C)n1-c1ccccc1-c1ccccc1.Cc1nc2c(-c3nccn3-c3c(C(C)C)cccc3C(C)C)[c-]ncc2o1.Cc1nc2c(-c3nccn3-c3c(C)cc([Si](C)(C)C)cc3C)[c-]cnc2o1.Cc1nc2c(-c3nccn3-c3c(C)cccc3C)[c-]cc(C#N)c2o1.[Ir].[Ir].[Ir].[Ir].[Ir]. The van der Waals surface area contributed by atoms with Gasteiger partial charge in [0.1, 0.15) is 0 Å². The third kappa shape index (κ3) is 21.0. The van der Waals surface area contributed by atoms with Gasteiger partial charge in [0.25, 0.3) is 0 Å². The van der Waals surface area contributed by atoms with Crippen molar-refractivity contribution in [3.8, 4) is 103 Å². The maximum Gasteiger partial charge on any atom is 0.188 e. The molecule has 12 heterocycles. The first-order chi connectivity index (χ1) is 64.3. The van der Waals surface area contributed by atoms with E-state index in [4.69, 9.17) is 32.6 Å². The molecule has 0 unspecified atom stereocenters. The molecule has 9 aromatic carbocycles. The number of fused-ring (bicyclic) bond motifs is 5. The molecule has 0 fully saturated rings. The molecule has 0 aliphatic rings. The van der Waals surface area contributed by atoms with Gasteiger partial charge in [0.2, 0.25) is 0 Å². The number of hydrogen-bond donors (Lipinski definition) is 0. The van der Waals surface area contributed by atoms with Crippen molar-refractivity contribution in [2.45, 2.75) is 163 Å². The van der Waals surface area contributed by atoms with Crippen molar-refractivity contribution in [3.05, 3.63) is 334 Å². The molecule has 0 spiro atoms. The quantitative estimate of drug-likeness (QED) is 0.0723. The Hall–Kier alpha value is -12.4. The summed E-state index contributed by atoms with van der Waals surface area (Å²) in [6, 6.07) is 65.3. The summed E-state index contributed by atoms with van der Waals surface area (Å²) in [7, 11) is 0.662. The number of hydrogen-bond acceptors (Lipinski definition) is 17. The van der Waals surface area contributed by atoms with Gasteiger partial charge in [-0.15, -0.1) is 48.0 Å². The van der Waals surface area contributed by atoms with Crippen LogP contribution in [0.3, 0.4) is 0 Å². The molecular formula is C110H104Ir5N19O4Si-5. The Balaban J connectivity index is 0.000000154. The van der Waals surface area contributed by atoms with Crippen LogP contribution in [0.4, 0.5) is 0 Å². The molecule has 0 aliphatic heterocycles. The van der Waals surface area contributed by atoms with Crippen molar-refractivity contribution in [2.24, 2.45) is 7.05 Å². The van der Waals surface area contributed by atoms with Crippen molar-refractivity contribution in [1.82, 2.24) is 87.2 Å². The number of aryl methyl sites for hydroxylation is 15. The third-order valence-electron chi connectivity index (χ3n) is 24.2. The molecule has 0 N–H and O–H groups in total. The van der Waals surface area contributed by atoms with Crippen molar-refractivity contribution < 1.29 is 118 Å². The van der Waals surface area contributed by atoms with Crippen LogP contribution in [-0.4, -0.2) is 95.3 Å². The van der Waals surface area contributed by atoms with Crippen LogP contribution < -0.4 is 5.19 Å². The minimum absolute atomic E-state index is 0. The van der Waals surface area contributed by atoms with Gasteiger partial charge in [-0.2, -0.15) is 6.07 Å². The summed E-state index contributed by atoms with van der Waals surface area (Å²) >= 11 is 0. The summed E-state index contributed by atoms with van der Waals surface area (Å²) in [6.45, 7) is 46.5. The second-order valence-corrected chi connectivity index (χ2v) is 40.7. The molecule has 0 bridgehead atoms. The van der Waals surface area contributed by atoms with Gasteiger partial charge in [-0.1, -0.05) is 196 Å². The zero-order chi connectivity index (χ0) is 94.6. The van der Waals surface area contributed by atoms with Crippen LogP contribution in [0.15, 0.2) is 219 Å². The summed E-state index contributed by atoms with van der Waals surface area (Å²) in [5.41, 5.74) is 34.1. The van der Waals surface area contributed by atoms with E-state index < -0.39 is 8.07 Å². The average Bonchev–Trinajstić information content (AvgIpc) is 1.62. The second kappa shape index (κ2) is 44.0. The van der Waals surface area contributed by atoms with E-state index in [9.17, 15) is 5.26 Å². The van der Waals surface area contributed by atoms with Crippen LogP contribution in [0.2, 0.25) is 19.6 Å². The van der Waals surface area contributed by atoms with E-state index in [2.05, 4.69) is 323 Å². The van der Waals surface area contributed by atoms with Crippen molar-refractivity contribution in [3.63, 3.8) is 0 Å². The van der Waals surface area contributed by atoms with E-state index in [-0.39, 0.29) is 101 Å². The number of nitrogens with zero attached hydrogens (tertiary/aromatic N) is 19. The first-order valence-corrected chi connectivity index (χ1v) is 48.2. The molecule has 21 rings (SSSR count). The first-order valence-electron chi connectivity index (χ1n) is 44.7. The Bertz CT molecular complexity index is 7990. The minimum atomic E-state index is -1.38. The molecule has 0 aliphatic carbocycles. The maximum atomic E-state index is 9.29. The molecule has 0 saturated carbocycles. The van der Waals surface area contributed by atoms with Gasteiger partial charge in [-0.25, -0.2) is 10.2 Å². The molecule has 12 aromatic heterocycles. The number of imidazole rings is 6. The largest absolute Gasteiger partial charge is 0.461 e. The number of nitriles is 1. The van der Waals surface area contributed by atoms with Gasteiger partial charge >= 0.3 is 0 Å². The van der Waals surface area contributed by atoms with E-state index >= 15 is 0 Å². The average molecular weight is 2750 g/mol. The fourth-order valence-corrected chi connectivity index (χ4v) is 19.1. The summed E-state index contributed by atoms with van der Waals surface area (Å²) < 4.78 is 35.4. The Morgan fingerprint density at radius 2 is 0.935 bits per heavy atom. The fraction of sp³-hybridized carbons (Fsp3) is 0.227.